The van der Waals surface area contributed by atoms with E-state index in [0.717, 1.165) is 12.8 Å². The molecule has 0 saturated heterocycles. The van der Waals surface area contributed by atoms with Gasteiger partial charge in [-0.05, 0) is 31.6 Å². The average molecular weight is 248 g/mol. The van der Waals surface area contributed by atoms with E-state index in [1.807, 2.05) is 13.0 Å². The summed E-state index contributed by atoms with van der Waals surface area (Å²) in [4.78, 5) is 0. The van der Waals surface area contributed by atoms with E-state index < -0.39 is 6.49 Å². The molecule has 0 aliphatic heterocycles. The highest BCUT2D eigenvalue weighted by atomic mass is 32.5. The van der Waals surface area contributed by atoms with Crippen LogP contribution >= 0.6 is 6.49 Å². The first-order chi connectivity index (χ1) is 7.20. The molecule has 1 rings (SSSR count). The summed E-state index contributed by atoms with van der Waals surface area (Å²) in [5.74, 6) is 0. The van der Waals surface area contributed by atoms with Crippen LogP contribution in [0.5, 0.6) is 0 Å². The average Bonchev–Trinajstić information content (AvgIpc) is 2.19. The van der Waals surface area contributed by atoms with Crippen molar-refractivity contribution in [2.24, 2.45) is 0 Å². The van der Waals surface area contributed by atoms with Gasteiger partial charge in [0.25, 0.3) is 0 Å². The summed E-state index contributed by atoms with van der Waals surface area (Å²) in [6, 6.07) is 0. The van der Waals surface area contributed by atoms with Crippen molar-refractivity contribution in [1.82, 2.24) is 0 Å². The van der Waals surface area contributed by atoms with Crippen molar-refractivity contribution in [3.63, 3.8) is 0 Å². The van der Waals surface area contributed by atoms with E-state index in [4.69, 9.17) is 20.9 Å². The zero-order valence-electron chi connectivity index (χ0n) is 9.48. The van der Waals surface area contributed by atoms with Gasteiger partial charge in [-0.2, -0.15) is 0 Å². The van der Waals surface area contributed by atoms with Crippen molar-refractivity contribution in [1.29, 1.82) is 0 Å². The van der Waals surface area contributed by atoms with Gasteiger partial charge in [-0.3, -0.25) is 0 Å². The number of hydrogen-bond acceptors (Lipinski definition) is 3. The van der Waals surface area contributed by atoms with E-state index >= 15 is 0 Å². The van der Waals surface area contributed by atoms with E-state index in [1.54, 1.807) is 0 Å². The fourth-order valence-electron chi connectivity index (χ4n) is 1.88. The van der Waals surface area contributed by atoms with Crippen LogP contribution in [0.3, 0.4) is 0 Å². The molecule has 1 aliphatic rings. The Morgan fingerprint density at radius 1 is 1.40 bits per heavy atom. The molecule has 0 aromatic heterocycles. The summed E-state index contributed by atoms with van der Waals surface area (Å²) in [6.07, 6.45) is 8.98. The topological polar surface area (TPSA) is 18.5 Å². The first kappa shape index (κ1) is 13.4. The maximum Gasteiger partial charge on any atom is 0.192 e. The molecule has 0 radical (unpaired) electrons. The Labute approximate surface area is 98.2 Å². The van der Waals surface area contributed by atoms with Crippen LogP contribution in [0.15, 0.2) is 12.7 Å². The highest BCUT2D eigenvalue weighted by Gasteiger charge is 2.23. The molecule has 1 atom stereocenters. The van der Waals surface area contributed by atoms with Crippen LogP contribution in [0.1, 0.15) is 39.0 Å². The summed E-state index contributed by atoms with van der Waals surface area (Å²) in [5.41, 5.74) is 0. The van der Waals surface area contributed by atoms with Gasteiger partial charge in [-0.15, -0.1) is 6.58 Å². The SMILES string of the molecule is C=CCP(=S)(OCC)OC1CCCCC1. The van der Waals surface area contributed by atoms with Gasteiger partial charge in [-0.1, -0.05) is 25.3 Å². The number of hydrogen-bond donors (Lipinski definition) is 0. The molecule has 88 valence electrons. The Kier molecular flexibility index (Phi) is 6.06. The minimum atomic E-state index is -2.07. The van der Waals surface area contributed by atoms with Crippen LogP contribution in [-0.4, -0.2) is 18.9 Å². The molecule has 1 unspecified atom stereocenters. The first-order valence-electron chi connectivity index (χ1n) is 5.73. The first-order valence-corrected chi connectivity index (χ1v) is 8.55. The van der Waals surface area contributed by atoms with E-state index in [9.17, 15) is 0 Å². The zero-order valence-corrected chi connectivity index (χ0v) is 11.2. The lowest BCUT2D eigenvalue weighted by Crippen LogP contribution is -2.16. The maximum atomic E-state index is 5.99. The van der Waals surface area contributed by atoms with Crippen LogP contribution in [0.2, 0.25) is 0 Å². The maximum absolute atomic E-state index is 5.99. The van der Waals surface area contributed by atoms with Crippen molar-refractivity contribution in [2.45, 2.75) is 45.1 Å². The number of allylic oxidation sites excluding steroid dienone is 1. The molecular weight excluding hydrogens is 227 g/mol. The standard InChI is InChI=1S/C11H21O2PS/c1-3-10-14(15,12-4-2)13-11-8-6-5-7-9-11/h3,11H,1,4-10H2,2H3. The molecule has 2 nitrogen and oxygen atoms in total. The summed E-state index contributed by atoms with van der Waals surface area (Å²) in [6.45, 7) is 4.25. The zero-order chi connectivity index (χ0) is 11.1. The van der Waals surface area contributed by atoms with Crippen LogP contribution < -0.4 is 0 Å². The van der Waals surface area contributed by atoms with Crippen molar-refractivity contribution in [3.8, 4) is 0 Å². The van der Waals surface area contributed by atoms with Gasteiger partial charge in [0.05, 0.1) is 12.7 Å². The third kappa shape index (κ3) is 4.78. The van der Waals surface area contributed by atoms with Gasteiger partial charge in [-0.25, -0.2) is 0 Å². The van der Waals surface area contributed by atoms with Gasteiger partial charge < -0.3 is 9.05 Å². The van der Waals surface area contributed by atoms with Crippen LogP contribution in [0.25, 0.3) is 0 Å². The third-order valence-electron chi connectivity index (χ3n) is 2.54. The van der Waals surface area contributed by atoms with Gasteiger partial charge in [0.15, 0.2) is 6.49 Å². The highest BCUT2D eigenvalue weighted by molar-refractivity contribution is 8.10. The monoisotopic (exact) mass is 248 g/mol. The Morgan fingerprint density at radius 3 is 2.60 bits per heavy atom. The van der Waals surface area contributed by atoms with E-state index in [1.165, 1.54) is 19.3 Å². The van der Waals surface area contributed by atoms with Crippen molar-refractivity contribution >= 4 is 18.3 Å². The lowest BCUT2D eigenvalue weighted by atomic mass is 9.98. The third-order valence-corrected chi connectivity index (χ3v) is 5.54. The molecule has 0 heterocycles. The fraction of sp³-hybridized carbons (Fsp3) is 0.818. The quantitative estimate of drug-likeness (QED) is 0.525. The largest absolute Gasteiger partial charge is 0.329 e. The predicted octanol–water partition coefficient (Wildman–Crippen LogP) is 3.87. The Hall–Kier alpha value is 0.310. The molecule has 15 heavy (non-hydrogen) atoms. The second-order valence-electron chi connectivity index (χ2n) is 3.87. The normalized spacial score (nSPS) is 22.2. The molecule has 0 bridgehead atoms. The predicted molar refractivity (Wildman–Crippen MR) is 68.9 cm³/mol. The molecule has 0 aromatic rings. The molecule has 0 spiro atoms. The summed E-state index contributed by atoms with van der Waals surface area (Å²) < 4.78 is 11.6. The number of rotatable bonds is 6. The molecule has 1 aliphatic carbocycles. The molecular formula is C11H21O2PS. The van der Waals surface area contributed by atoms with Crippen LogP contribution in [0, 0.1) is 0 Å². The Bertz CT molecular complexity index is 237. The minimum Gasteiger partial charge on any atom is -0.329 e. The Morgan fingerprint density at radius 2 is 2.07 bits per heavy atom. The van der Waals surface area contributed by atoms with E-state index in [-0.39, 0.29) is 0 Å². The van der Waals surface area contributed by atoms with E-state index in [0.29, 0.717) is 18.9 Å². The molecule has 0 N–H and O–H groups in total. The van der Waals surface area contributed by atoms with Crippen molar-refractivity contribution in [2.75, 3.05) is 12.8 Å². The Balaban J connectivity index is 2.48. The lowest BCUT2D eigenvalue weighted by molar-refractivity contribution is 0.142. The second-order valence-corrected chi connectivity index (χ2v) is 7.59. The van der Waals surface area contributed by atoms with Gasteiger partial charge >= 0.3 is 0 Å². The van der Waals surface area contributed by atoms with Crippen molar-refractivity contribution in [3.05, 3.63) is 12.7 Å². The lowest BCUT2D eigenvalue weighted by Gasteiger charge is -2.29. The molecule has 1 saturated carbocycles. The molecule has 0 amide bonds. The molecule has 4 heteroatoms. The molecule has 1 fully saturated rings. The van der Waals surface area contributed by atoms with Gasteiger partial charge in [0.1, 0.15) is 0 Å². The van der Waals surface area contributed by atoms with Crippen LogP contribution in [0.4, 0.5) is 0 Å². The minimum absolute atomic E-state index is 0.330. The highest BCUT2D eigenvalue weighted by Crippen LogP contribution is 2.51. The van der Waals surface area contributed by atoms with Crippen molar-refractivity contribution < 1.29 is 9.05 Å². The second kappa shape index (κ2) is 6.80. The fourth-order valence-corrected chi connectivity index (χ4v) is 4.50. The van der Waals surface area contributed by atoms with Gasteiger partial charge in [0.2, 0.25) is 0 Å². The van der Waals surface area contributed by atoms with Gasteiger partial charge in [0, 0.05) is 6.16 Å². The smallest absolute Gasteiger partial charge is 0.192 e. The summed E-state index contributed by atoms with van der Waals surface area (Å²) in [7, 11) is 0. The summed E-state index contributed by atoms with van der Waals surface area (Å²) >= 11 is 5.48. The van der Waals surface area contributed by atoms with Crippen LogP contribution in [-0.2, 0) is 20.9 Å². The molecule has 0 aromatic carbocycles. The van der Waals surface area contributed by atoms with E-state index in [2.05, 4.69) is 6.58 Å². The summed E-state index contributed by atoms with van der Waals surface area (Å²) in [5, 5.41) is 0.